The largest absolute Gasteiger partial charge is 0.410 e. The molecule has 240 valence electrons. The summed E-state index contributed by atoms with van der Waals surface area (Å²) in [5.74, 6) is -1.03. The van der Waals surface area contributed by atoms with Gasteiger partial charge in [-0.1, -0.05) is 5.16 Å². The van der Waals surface area contributed by atoms with Crippen LogP contribution >= 0.6 is 0 Å². The van der Waals surface area contributed by atoms with E-state index in [1.807, 2.05) is 11.4 Å². The van der Waals surface area contributed by atoms with Crippen molar-refractivity contribution in [1.82, 2.24) is 40.4 Å². The maximum Gasteiger partial charge on any atom is 0.410 e. The van der Waals surface area contributed by atoms with Crippen LogP contribution in [0, 0.1) is 17.2 Å². The van der Waals surface area contributed by atoms with Gasteiger partial charge >= 0.3 is 12.2 Å². The highest BCUT2D eigenvalue weighted by atomic mass is 19.4. The van der Waals surface area contributed by atoms with Crippen molar-refractivity contribution in [2.24, 2.45) is 5.92 Å². The van der Waals surface area contributed by atoms with Gasteiger partial charge in [-0.05, 0) is 66.8 Å². The van der Waals surface area contributed by atoms with Gasteiger partial charge in [-0.3, -0.25) is 9.18 Å². The number of rotatable bonds is 10. The van der Waals surface area contributed by atoms with Gasteiger partial charge in [-0.2, -0.15) is 32.3 Å². The van der Waals surface area contributed by atoms with Gasteiger partial charge in [0.25, 0.3) is 12.0 Å². The van der Waals surface area contributed by atoms with Gasteiger partial charge in [0.05, 0.1) is 55.9 Å². The van der Waals surface area contributed by atoms with E-state index in [4.69, 9.17) is 4.63 Å². The molecule has 0 radical (unpaired) electrons. The van der Waals surface area contributed by atoms with E-state index < -0.39 is 55.5 Å². The maximum atomic E-state index is 13.3. The van der Waals surface area contributed by atoms with Gasteiger partial charge in [0.2, 0.25) is 0 Å². The SMILES string of the molecule is N#CC[C@H](c1cnn2cc([C@@H](NC(=O)c3nonc3CCCF)C3CCC(=C(F)F)CC3)nc2c1)N1C[C@@H](C(F)(F)F)NC1=O. The topological polar surface area (TPSA) is 154 Å². The molecule has 4 heterocycles. The van der Waals surface area contributed by atoms with Gasteiger partial charge in [0.15, 0.2) is 11.3 Å². The summed E-state index contributed by atoms with van der Waals surface area (Å²) in [6, 6.07) is -1.58. The van der Waals surface area contributed by atoms with Gasteiger partial charge in [0, 0.05) is 0 Å². The van der Waals surface area contributed by atoms with E-state index in [2.05, 4.69) is 25.7 Å². The number of carbonyl (C=O) groups excluding carboxylic acids is 2. The highest BCUT2D eigenvalue weighted by Gasteiger charge is 2.48. The minimum absolute atomic E-state index is 0.0362. The van der Waals surface area contributed by atoms with Crippen LogP contribution in [0.5, 0.6) is 0 Å². The number of fused-ring (bicyclic) bond motifs is 1. The van der Waals surface area contributed by atoms with Gasteiger partial charge in [-0.25, -0.2) is 18.9 Å². The number of nitrogens with one attached hydrogen (secondary N) is 2. The Labute approximate surface area is 251 Å². The molecule has 3 aromatic heterocycles. The smallest absolute Gasteiger partial charge is 0.342 e. The number of aromatic nitrogens is 5. The van der Waals surface area contributed by atoms with Crippen molar-refractivity contribution in [3.05, 3.63) is 52.8 Å². The lowest BCUT2D eigenvalue weighted by atomic mass is 9.80. The fourth-order valence-corrected chi connectivity index (χ4v) is 5.68. The molecular formula is C27H27F6N9O3. The molecule has 0 spiro atoms. The Kier molecular flexibility index (Phi) is 9.25. The Morgan fingerprint density at radius 3 is 2.64 bits per heavy atom. The number of alkyl halides is 4. The summed E-state index contributed by atoms with van der Waals surface area (Å²) in [5, 5.41) is 25.7. The number of nitrogens with zero attached hydrogens (tertiary/aromatic N) is 7. The minimum Gasteiger partial charge on any atom is -0.342 e. The van der Waals surface area contributed by atoms with Crippen molar-refractivity contribution >= 4 is 17.6 Å². The number of aryl methyl sites for hydroxylation is 1. The molecule has 1 saturated carbocycles. The van der Waals surface area contributed by atoms with Crippen molar-refractivity contribution in [3.63, 3.8) is 0 Å². The van der Waals surface area contributed by atoms with Crippen LogP contribution in [0.1, 0.15) is 78.0 Å². The molecule has 0 bridgehead atoms. The standard InChI is InChI=1S/C27H27F6N9O3/c28-8-1-2-17-23(40-45-39-17)25(43)38-22(14-3-5-15(6-4-14)24(29)30)18-12-42-21(36-18)10-16(11-35-42)19(7-9-34)41-13-20(27(31,32)33)37-26(41)44/h10-12,14,19-20,22H,1-8,13H2,(H,37,44)(H,38,43)/t19-,20+,22+/m1/s1. The number of imidazole rings is 1. The van der Waals surface area contributed by atoms with Crippen LogP contribution in [0.2, 0.25) is 0 Å². The maximum absolute atomic E-state index is 13.3. The number of hydrogen-bond donors (Lipinski definition) is 2. The van der Waals surface area contributed by atoms with E-state index in [1.54, 1.807) is 0 Å². The van der Waals surface area contributed by atoms with Gasteiger partial charge in [0.1, 0.15) is 11.7 Å². The monoisotopic (exact) mass is 639 g/mol. The fourth-order valence-electron chi connectivity index (χ4n) is 5.68. The second kappa shape index (κ2) is 13.1. The van der Waals surface area contributed by atoms with Crippen molar-refractivity contribution in [1.29, 1.82) is 5.26 Å². The number of halogens is 6. The molecule has 45 heavy (non-hydrogen) atoms. The molecule has 3 aromatic rings. The second-order valence-corrected chi connectivity index (χ2v) is 10.8. The molecular weight excluding hydrogens is 612 g/mol. The molecule has 5 rings (SSSR count). The van der Waals surface area contributed by atoms with Crippen LogP contribution in [-0.2, 0) is 6.42 Å². The molecule has 2 fully saturated rings. The number of carbonyl (C=O) groups is 2. The van der Waals surface area contributed by atoms with E-state index >= 15 is 0 Å². The zero-order valence-corrected chi connectivity index (χ0v) is 23.5. The van der Waals surface area contributed by atoms with Crippen molar-refractivity contribution < 1.29 is 40.6 Å². The molecule has 1 aliphatic heterocycles. The molecule has 1 aliphatic carbocycles. The molecule has 2 aliphatic rings. The summed E-state index contributed by atoms with van der Waals surface area (Å²) in [5.41, 5.74) is 0.811. The lowest BCUT2D eigenvalue weighted by Gasteiger charge is -2.30. The summed E-state index contributed by atoms with van der Waals surface area (Å²) < 4.78 is 85.2. The summed E-state index contributed by atoms with van der Waals surface area (Å²) >= 11 is 0. The van der Waals surface area contributed by atoms with E-state index in [1.165, 1.54) is 23.0 Å². The number of amides is 3. The van der Waals surface area contributed by atoms with E-state index in [-0.39, 0.29) is 66.2 Å². The van der Waals surface area contributed by atoms with Crippen molar-refractivity contribution in [3.8, 4) is 6.07 Å². The summed E-state index contributed by atoms with van der Waals surface area (Å²) in [6.45, 7) is -1.34. The van der Waals surface area contributed by atoms with Crippen LogP contribution < -0.4 is 10.6 Å². The first-order valence-electron chi connectivity index (χ1n) is 14.1. The average Bonchev–Trinajstić information content (AvgIpc) is 3.75. The number of hydrogen-bond acceptors (Lipinski definition) is 8. The van der Waals surface area contributed by atoms with Crippen LogP contribution in [0.25, 0.3) is 5.65 Å². The molecule has 18 heteroatoms. The third-order valence-electron chi connectivity index (χ3n) is 8.03. The van der Waals surface area contributed by atoms with Gasteiger partial charge in [-0.15, -0.1) is 0 Å². The van der Waals surface area contributed by atoms with Crippen LogP contribution in [0.15, 0.2) is 34.7 Å². The van der Waals surface area contributed by atoms with Crippen LogP contribution in [-0.4, -0.2) is 67.2 Å². The lowest BCUT2D eigenvalue weighted by Crippen LogP contribution is -2.40. The first-order chi connectivity index (χ1) is 21.5. The third-order valence-corrected chi connectivity index (χ3v) is 8.03. The lowest BCUT2D eigenvalue weighted by molar-refractivity contribution is -0.150. The Bertz CT molecular complexity index is 1620. The molecule has 0 aromatic carbocycles. The van der Waals surface area contributed by atoms with E-state index in [0.717, 1.165) is 4.90 Å². The molecule has 3 atom stereocenters. The predicted octanol–water partition coefficient (Wildman–Crippen LogP) is 4.74. The zero-order chi connectivity index (χ0) is 32.3. The van der Waals surface area contributed by atoms with Crippen molar-refractivity contribution in [2.45, 2.75) is 69.2 Å². The highest BCUT2D eigenvalue weighted by molar-refractivity contribution is 5.93. The van der Waals surface area contributed by atoms with Crippen molar-refractivity contribution in [2.75, 3.05) is 13.2 Å². The summed E-state index contributed by atoms with van der Waals surface area (Å²) in [4.78, 5) is 31.2. The Balaban J connectivity index is 1.45. The third kappa shape index (κ3) is 6.86. The molecule has 0 unspecified atom stereocenters. The fraction of sp³-hybridized carbons (Fsp3) is 0.519. The molecule has 3 amide bonds. The minimum atomic E-state index is -4.68. The predicted molar refractivity (Wildman–Crippen MR) is 141 cm³/mol. The molecule has 1 saturated heterocycles. The second-order valence-electron chi connectivity index (χ2n) is 10.8. The molecule has 2 N–H and O–H groups in total. The van der Waals surface area contributed by atoms with Crippen LogP contribution in [0.3, 0.4) is 0 Å². The Morgan fingerprint density at radius 2 is 2.00 bits per heavy atom. The van der Waals surface area contributed by atoms with Crippen LogP contribution in [0.4, 0.5) is 31.1 Å². The quantitative estimate of drug-likeness (QED) is 0.302. The number of nitriles is 1. The highest BCUT2D eigenvalue weighted by Crippen LogP contribution is 2.38. The zero-order valence-electron chi connectivity index (χ0n) is 23.5. The molecule has 12 nitrogen and oxygen atoms in total. The summed E-state index contributed by atoms with van der Waals surface area (Å²) in [6.07, 6.45) is -2.91. The number of allylic oxidation sites excluding steroid dienone is 1. The normalized spacial score (nSPS) is 20.2. The summed E-state index contributed by atoms with van der Waals surface area (Å²) in [7, 11) is 0. The Morgan fingerprint density at radius 1 is 1.24 bits per heavy atom. The average molecular weight is 640 g/mol. The first-order valence-corrected chi connectivity index (χ1v) is 14.1. The van der Waals surface area contributed by atoms with E-state index in [0.29, 0.717) is 18.5 Å². The van der Waals surface area contributed by atoms with E-state index in [9.17, 15) is 41.2 Å². The van der Waals surface area contributed by atoms with Gasteiger partial charge < -0.3 is 15.5 Å². The Hall–Kier alpha value is -4.69. The number of urea groups is 1. The first kappa shape index (κ1) is 31.7.